The molecule has 190 valence electrons. The fourth-order valence-corrected chi connectivity index (χ4v) is 4.47. The van der Waals surface area contributed by atoms with E-state index in [-0.39, 0.29) is 22.9 Å². The molecule has 0 radical (unpaired) electrons. The van der Waals surface area contributed by atoms with Gasteiger partial charge in [-0.05, 0) is 70.9 Å². The molecule has 4 rings (SSSR count). The molecule has 1 fully saturated rings. The van der Waals surface area contributed by atoms with Crippen LogP contribution in [-0.4, -0.2) is 45.4 Å². The first kappa shape index (κ1) is 25.7. The van der Waals surface area contributed by atoms with Crippen LogP contribution in [0.2, 0.25) is 5.02 Å². The number of aryl methyl sites for hydroxylation is 1. The number of hydrogen-bond acceptors (Lipinski definition) is 4. The minimum absolute atomic E-state index is 0.0167. The number of piperidine rings is 1. The topological polar surface area (TPSA) is 76.5 Å². The lowest BCUT2D eigenvalue weighted by molar-refractivity contribution is 0.0203. The Morgan fingerprint density at radius 2 is 1.78 bits per heavy atom. The van der Waals surface area contributed by atoms with Gasteiger partial charge < -0.3 is 15.0 Å². The van der Waals surface area contributed by atoms with Crippen LogP contribution in [0.3, 0.4) is 0 Å². The van der Waals surface area contributed by atoms with Gasteiger partial charge in [-0.1, -0.05) is 29.3 Å². The number of hydrogen-bond donors (Lipinski definition) is 1. The maximum Gasteiger partial charge on any atom is 0.410 e. The van der Waals surface area contributed by atoms with Crippen LogP contribution in [0, 0.1) is 12.7 Å². The fourth-order valence-electron chi connectivity index (χ4n) is 4.26. The van der Waals surface area contributed by atoms with Crippen LogP contribution in [-0.2, 0) is 4.74 Å². The van der Waals surface area contributed by atoms with Crippen molar-refractivity contribution in [3.8, 4) is 5.69 Å². The molecule has 1 aliphatic heterocycles. The quantitative estimate of drug-likeness (QED) is 0.442. The highest BCUT2D eigenvalue weighted by Crippen LogP contribution is 2.33. The summed E-state index contributed by atoms with van der Waals surface area (Å²) in [5, 5.41) is 7.45. The van der Waals surface area contributed by atoms with E-state index in [1.165, 1.54) is 12.1 Å². The first-order valence-corrected chi connectivity index (χ1v) is 12.3. The van der Waals surface area contributed by atoms with Gasteiger partial charge in [-0.3, -0.25) is 4.79 Å². The van der Waals surface area contributed by atoms with Crippen LogP contribution in [0.1, 0.15) is 61.1 Å². The summed E-state index contributed by atoms with van der Waals surface area (Å²) in [5.41, 5.74) is 2.87. The molecule has 0 spiro atoms. The molecule has 1 N–H and O–H groups in total. The number of rotatable bonds is 4. The lowest BCUT2D eigenvalue weighted by Gasteiger charge is -2.34. The van der Waals surface area contributed by atoms with E-state index in [2.05, 4.69) is 10.4 Å². The molecule has 2 heterocycles. The monoisotopic (exact) mass is 512 g/mol. The maximum absolute atomic E-state index is 13.5. The zero-order valence-corrected chi connectivity index (χ0v) is 21.6. The molecule has 9 heteroatoms. The lowest BCUT2D eigenvalue weighted by atomic mass is 9.90. The zero-order valence-electron chi connectivity index (χ0n) is 20.8. The molecule has 3 aromatic rings. The van der Waals surface area contributed by atoms with E-state index in [0.717, 1.165) is 23.0 Å². The largest absolute Gasteiger partial charge is 0.444 e. The number of aromatic nitrogens is 2. The normalized spacial score (nSPS) is 14.6. The number of halogens is 2. The van der Waals surface area contributed by atoms with E-state index in [0.29, 0.717) is 37.2 Å². The van der Waals surface area contributed by atoms with Crippen molar-refractivity contribution in [1.82, 2.24) is 14.7 Å². The highest BCUT2D eigenvalue weighted by atomic mass is 35.5. The van der Waals surface area contributed by atoms with E-state index in [1.807, 2.05) is 52.0 Å². The van der Waals surface area contributed by atoms with Gasteiger partial charge in [0.15, 0.2) is 0 Å². The number of ether oxygens (including phenoxy) is 1. The van der Waals surface area contributed by atoms with Crippen molar-refractivity contribution in [2.75, 3.05) is 18.4 Å². The van der Waals surface area contributed by atoms with Crippen molar-refractivity contribution < 1.29 is 18.7 Å². The number of nitrogens with zero attached hydrogens (tertiary/aromatic N) is 3. The summed E-state index contributed by atoms with van der Waals surface area (Å²) < 4.78 is 20.8. The Balaban J connectivity index is 1.62. The summed E-state index contributed by atoms with van der Waals surface area (Å²) in [4.78, 5) is 27.6. The first-order chi connectivity index (χ1) is 17.0. The standard InChI is InChI=1S/C27H30ClFN4O3/c1-17-5-8-20(9-6-17)33-24(18-11-13-32(14-12-18)26(35)36-27(2,3)4)21(16-30-33)25(34)31-23-10-7-19(29)15-22(23)28/h5-10,15-16,18H,11-14H2,1-4H3,(H,31,34). The number of carbonyl (C=O) groups is 2. The third-order valence-corrected chi connectivity index (χ3v) is 6.36. The van der Waals surface area contributed by atoms with Crippen molar-refractivity contribution in [3.63, 3.8) is 0 Å². The van der Waals surface area contributed by atoms with Crippen molar-refractivity contribution in [2.45, 2.75) is 52.1 Å². The number of amides is 2. The van der Waals surface area contributed by atoms with Gasteiger partial charge >= 0.3 is 6.09 Å². The average Bonchev–Trinajstić information content (AvgIpc) is 3.25. The van der Waals surface area contributed by atoms with E-state index in [9.17, 15) is 14.0 Å². The van der Waals surface area contributed by atoms with Crippen LogP contribution >= 0.6 is 11.6 Å². The summed E-state index contributed by atoms with van der Waals surface area (Å²) in [7, 11) is 0. The van der Waals surface area contributed by atoms with Crippen molar-refractivity contribution >= 4 is 29.3 Å². The highest BCUT2D eigenvalue weighted by molar-refractivity contribution is 6.33. The summed E-state index contributed by atoms with van der Waals surface area (Å²) >= 11 is 6.13. The number of carbonyl (C=O) groups excluding carboxylic acids is 2. The molecular formula is C27H30ClFN4O3. The fraction of sp³-hybridized carbons (Fsp3) is 0.370. The molecule has 0 aliphatic carbocycles. The molecular weight excluding hydrogens is 483 g/mol. The third kappa shape index (κ3) is 5.87. The third-order valence-electron chi connectivity index (χ3n) is 6.04. The van der Waals surface area contributed by atoms with Crippen molar-refractivity contribution in [2.24, 2.45) is 0 Å². The minimum Gasteiger partial charge on any atom is -0.444 e. The second-order valence-corrected chi connectivity index (χ2v) is 10.4. The van der Waals surface area contributed by atoms with E-state index in [4.69, 9.17) is 16.3 Å². The van der Waals surface area contributed by atoms with Gasteiger partial charge in [0.05, 0.1) is 33.9 Å². The average molecular weight is 513 g/mol. The Morgan fingerprint density at radius 1 is 1.11 bits per heavy atom. The Hall–Kier alpha value is -3.39. The van der Waals surface area contributed by atoms with Crippen molar-refractivity contribution in [3.05, 3.63) is 76.3 Å². The zero-order chi connectivity index (χ0) is 26.0. The van der Waals surface area contributed by atoms with Crippen LogP contribution in [0.25, 0.3) is 5.69 Å². The molecule has 36 heavy (non-hydrogen) atoms. The summed E-state index contributed by atoms with van der Waals surface area (Å²) in [6.07, 6.45) is 2.50. The molecule has 0 unspecified atom stereocenters. The molecule has 1 aromatic heterocycles. The van der Waals surface area contributed by atoms with Gasteiger partial charge in [0.1, 0.15) is 11.4 Å². The van der Waals surface area contributed by atoms with Gasteiger partial charge in [0, 0.05) is 19.0 Å². The Bertz CT molecular complexity index is 1260. The van der Waals surface area contributed by atoms with Crippen LogP contribution < -0.4 is 5.32 Å². The van der Waals surface area contributed by atoms with E-state index in [1.54, 1.807) is 15.8 Å². The number of nitrogens with one attached hydrogen (secondary N) is 1. The van der Waals surface area contributed by atoms with Crippen LogP contribution in [0.4, 0.5) is 14.9 Å². The van der Waals surface area contributed by atoms with Gasteiger partial charge in [0.25, 0.3) is 5.91 Å². The minimum atomic E-state index is -0.565. The summed E-state index contributed by atoms with van der Waals surface area (Å²) in [5.74, 6) is -0.883. The van der Waals surface area contributed by atoms with Crippen LogP contribution in [0.5, 0.6) is 0 Å². The van der Waals surface area contributed by atoms with Gasteiger partial charge in [-0.25, -0.2) is 13.9 Å². The smallest absolute Gasteiger partial charge is 0.410 e. The lowest BCUT2D eigenvalue weighted by Crippen LogP contribution is -2.41. The predicted octanol–water partition coefficient (Wildman–Crippen LogP) is 6.34. The molecule has 0 bridgehead atoms. The number of likely N-dealkylation sites (tertiary alicyclic amines) is 1. The van der Waals surface area contributed by atoms with Gasteiger partial charge in [-0.2, -0.15) is 5.10 Å². The Kier molecular flexibility index (Phi) is 7.36. The molecule has 1 aliphatic rings. The SMILES string of the molecule is Cc1ccc(-n2ncc(C(=O)Nc3ccc(F)cc3Cl)c2C2CCN(C(=O)OC(C)(C)C)CC2)cc1. The van der Waals surface area contributed by atoms with Gasteiger partial charge in [0.2, 0.25) is 0 Å². The second-order valence-electron chi connectivity index (χ2n) is 10.0. The summed E-state index contributed by atoms with van der Waals surface area (Å²) in [6.45, 7) is 8.54. The van der Waals surface area contributed by atoms with Gasteiger partial charge in [-0.15, -0.1) is 0 Å². The molecule has 2 aromatic carbocycles. The van der Waals surface area contributed by atoms with E-state index < -0.39 is 11.4 Å². The highest BCUT2D eigenvalue weighted by Gasteiger charge is 2.32. The molecule has 7 nitrogen and oxygen atoms in total. The van der Waals surface area contributed by atoms with E-state index >= 15 is 0 Å². The van der Waals surface area contributed by atoms with Crippen LogP contribution in [0.15, 0.2) is 48.7 Å². The second kappa shape index (κ2) is 10.3. The summed E-state index contributed by atoms with van der Waals surface area (Å²) in [6, 6.07) is 11.7. The molecule has 0 saturated carbocycles. The molecule has 1 saturated heterocycles. The Labute approximate surface area is 215 Å². The molecule has 0 atom stereocenters. The Morgan fingerprint density at radius 3 is 2.39 bits per heavy atom. The molecule has 2 amide bonds. The van der Waals surface area contributed by atoms with Crippen molar-refractivity contribution in [1.29, 1.82) is 0 Å². The predicted molar refractivity (Wildman–Crippen MR) is 137 cm³/mol. The maximum atomic E-state index is 13.5. The number of benzene rings is 2. The first-order valence-electron chi connectivity index (χ1n) is 11.9. The number of anilines is 1.